The van der Waals surface area contributed by atoms with Crippen LogP contribution in [0.2, 0.25) is 0 Å². The van der Waals surface area contributed by atoms with E-state index in [1.807, 2.05) is 17.9 Å². The van der Waals surface area contributed by atoms with E-state index in [1.165, 1.54) is 6.42 Å². The van der Waals surface area contributed by atoms with Gasteiger partial charge in [-0.1, -0.05) is 26.8 Å². The molecule has 3 nitrogen and oxygen atoms in total. The average Bonchev–Trinajstić information content (AvgIpc) is 2.63. The number of aryl methyl sites for hydroxylation is 1. The maximum atomic E-state index is 12.6. The maximum Gasteiger partial charge on any atom is 0.257 e. The van der Waals surface area contributed by atoms with Crippen LogP contribution in [0, 0.1) is 18.3 Å². The number of carbonyl (C=O) groups is 1. The molecule has 21 heavy (non-hydrogen) atoms. The fourth-order valence-electron chi connectivity index (χ4n) is 3.16. The summed E-state index contributed by atoms with van der Waals surface area (Å²) in [4.78, 5) is 14.5. The molecule has 1 heterocycles. The molecule has 1 aliphatic heterocycles. The number of nitrogens with zero attached hydrogens (tertiary/aromatic N) is 1. The number of likely N-dealkylation sites (tertiary alicyclic amines) is 1. The Balaban J connectivity index is 2.10. The Kier molecular flexibility index (Phi) is 4.60. The number of phenols is 1. The van der Waals surface area contributed by atoms with Gasteiger partial charge in [0.15, 0.2) is 0 Å². The monoisotopic (exact) mass is 289 g/mol. The van der Waals surface area contributed by atoms with Gasteiger partial charge in [-0.05, 0) is 55.2 Å². The molecule has 1 fully saturated rings. The average molecular weight is 289 g/mol. The van der Waals surface area contributed by atoms with E-state index >= 15 is 0 Å². The molecule has 0 radical (unpaired) electrons. The van der Waals surface area contributed by atoms with Gasteiger partial charge in [0, 0.05) is 13.1 Å². The van der Waals surface area contributed by atoms with E-state index < -0.39 is 0 Å². The minimum absolute atomic E-state index is 0.0398. The summed E-state index contributed by atoms with van der Waals surface area (Å²) in [5.41, 5.74) is 1.69. The summed E-state index contributed by atoms with van der Waals surface area (Å²) in [6.45, 7) is 10.3. The number of hydrogen-bond donors (Lipinski definition) is 1. The van der Waals surface area contributed by atoms with Crippen LogP contribution in [0.5, 0.6) is 5.75 Å². The van der Waals surface area contributed by atoms with E-state index in [0.717, 1.165) is 31.5 Å². The molecule has 1 aromatic rings. The Morgan fingerprint density at radius 1 is 1.24 bits per heavy atom. The molecule has 1 atom stereocenters. The molecule has 1 unspecified atom stereocenters. The number of benzene rings is 1. The third kappa shape index (κ3) is 3.78. The van der Waals surface area contributed by atoms with Gasteiger partial charge in [-0.15, -0.1) is 0 Å². The minimum Gasteiger partial charge on any atom is -0.507 e. The normalized spacial score (nSPS) is 20.2. The van der Waals surface area contributed by atoms with E-state index in [1.54, 1.807) is 12.1 Å². The molecule has 3 heteroatoms. The lowest BCUT2D eigenvalue weighted by atomic mass is 9.77. The summed E-state index contributed by atoms with van der Waals surface area (Å²) in [5, 5.41) is 10.00. The molecule has 1 N–H and O–H groups in total. The molecule has 1 amide bonds. The van der Waals surface area contributed by atoms with E-state index in [-0.39, 0.29) is 11.7 Å². The predicted octanol–water partition coefficient (Wildman–Crippen LogP) is 3.99. The zero-order chi connectivity index (χ0) is 15.6. The number of phenolic OH excluding ortho intramolecular Hbond substituents is 1. The van der Waals surface area contributed by atoms with Crippen LogP contribution in [-0.4, -0.2) is 29.0 Å². The number of hydrogen-bond acceptors (Lipinski definition) is 2. The van der Waals surface area contributed by atoms with Crippen LogP contribution in [0.1, 0.15) is 56.0 Å². The Morgan fingerprint density at radius 2 is 1.95 bits per heavy atom. The van der Waals surface area contributed by atoms with Crippen molar-refractivity contribution in [2.24, 2.45) is 11.3 Å². The lowest BCUT2D eigenvalue weighted by molar-refractivity contribution is 0.0752. The lowest BCUT2D eigenvalue weighted by Crippen LogP contribution is -2.32. The van der Waals surface area contributed by atoms with Crippen LogP contribution in [0.4, 0.5) is 0 Å². The Bertz CT molecular complexity index is 516. The summed E-state index contributed by atoms with van der Waals surface area (Å²) in [6, 6.07) is 5.27. The quantitative estimate of drug-likeness (QED) is 0.849. The Labute approximate surface area is 128 Å². The Morgan fingerprint density at radius 3 is 2.57 bits per heavy atom. The van der Waals surface area contributed by atoms with Crippen LogP contribution in [0.15, 0.2) is 18.2 Å². The standard InChI is InChI=1S/C18H27NO2/c1-13-7-8-15(16(20)12-13)17(21)19-10-5-6-14(9-11-19)18(2,3)4/h7-8,12,14,20H,5-6,9-11H2,1-4H3. The zero-order valence-corrected chi connectivity index (χ0v) is 13.6. The van der Waals surface area contributed by atoms with Crippen molar-refractivity contribution in [3.05, 3.63) is 29.3 Å². The van der Waals surface area contributed by atoms with Gasteiger partial charge in [0.1, 0.15) is 5.75 Å². The van der Waals surface area contributed by atoms with Crippen LogP contribution >= 0.6 is 0 Å². The van der Waals surface area contributed by atoms with Gasteiger partial charge in [-0.2, -0.15) is 0 Å². The third-order valence-electron chi connectivity index (χ3n) is 4.62. The predicted molar refractivity (Wildman–Crippen MR) is 85.5 cm³/mol. The molecule has 0 saturated carbocycles. The zero-order valence-electron chi connectivity index (χ0n) is 13.6. The van der Waals surface area contributed by atoms with Gasteiger partial charge >= 0.3 is 0 Å². The van der Waals surface area contributed by atoms with Crippen molar-refractivity contribution in [3.8, 4) is 5.75 Å². The number of carbonyl (C=O) groups excluding carboxylic acids is 1. The number of rotatable bonds is 1. The topological polar surface area (TPSA) is 40.5 Å². The summed E-state index contributed by atoms with van der Waals surface area (Å²) in [6.07, 6.45) is 3.26. The molecule has 2 rings (SSSR count). The second kappa shape index (κ2) is 6.08. The van der Waals surface area contributed by atoms with Crippen molar-refractivity contribution in [2.45, 2.75) is 47.0 Å². The third-order valence-corrected chi connectivity index (χ3v) is 4.62. The van der Waals surface area contributed by atoms with Gasteiger partial charge < -0.3 is 10.0 Å². The molecule has 1 aromatic carbocycles. The number of amides is 1. The summed E-state index contributed by atoms with van der Waals surface area (Å²) in [5.74, 6) is 0.709. The first-order valence-corrected chi connectivity index (χ1v) is 7.88. The summed E-state index contributed by atoms with van der Waals surface area (Å²) < 4.78 is 0. The van der Waals surface area contributed by atoms with E-state index in [9.17, 15) is 9.90 Å². The van der Waals surface area contributed by atoms with Crippen LogP contribution in [0.25, 0.3) is 0 Å². The highest BCUT2D eigenvalue weighted by atomic mass is 16.3. The summed E-state index contributed by atoms with van der Waals surface area (Å²) >= 11 is 0. The van der Waals surface area contributed by atoms with E-state index in [2.05, 4.69) is 20.8 Å². The largest absolute Gasteiger partial charge is 0.507 e. The van der Waals surface area contributed by atoms with Crippen LogP contribution in [0.3, 0.4) is 0 Å². The minimum atomic E-state index is -0.0398. The van der Waals surface area contributed by atoms with Crippen molar-refractivity contribution in [2.75, 3.05) is 13.1 Å². The SMILES string of the molecule is Cc1ccc(C(=O)N2CCCC(C(C)(C)C)CC2)c(O)c1. The lowest BCUT2D eigenvalue weighted by Gasteiger charge is -2.29. The molecule has 1 aliphatic rings. The van der Waals surface area contributed by atoms with Gasteiger partial charge in [-0.25, -0.2) is 0 Å². The maximum absolute atomic E-state index is 12.6. The first-order chi connectivity index (χ1) is 9.79. The fourth-order valence-corrected chi connectivity index (χ4v) is 3.16. The van der Waals surface area contributed by atoms with Crippen molar-refractivity contribution in [3.63, 3.8) is 0 Å². The molecule has 1 saturated heterocycles. The van der Waals surface area contributed by atoms with Crippen molar-refractivity contribution >= 4 is 5.91 Å². The number of aromatic hydroxyl groups is 1. The molecule has 116 valence electrons. The molecular weight excluding hydrogens is 262 g/mol. The van der Waals surface area contributed by atoms with E-state index in [4.69, 9.17) is 0 Å². The molecule has 0 bridgehead atoms. The van der Waals surface area contributed by atoms with Crippen molar-refractivity contribution in [1.82, 2.24) is 4.90 Å². The second-order valence-electron chi connectivity index (χ2n) is 7.31. The first kappa shape index (κ1) is 15.9. The van der Waals surface area contributed by atoms with Gasteiger partial charge in [0.25, 0.3) is 5.91 Å². The highest BCUT2D eigenvalue weighted by Gasteiger charge is 2.29. The molecule has 0 aliphatic carbocycles. The van der Waals surface area contributed by atoms with Gasteiger partial charge in [-0.3, -0.25) is 4.79 Å². The molecule has 0 aromatic heterocycles. The van der Waals surface area contributed by atoms with Crippen LogP contribution < -0.4 is 0 Å². The summed E-state index contributed by atoms with van der Waals surface area (Å²) in [7, 11) is 0. The Hall–Kier alpha value is -1.51. The highest BCUT2D eigenvalue weighted by molar-refractivity contribution is 5.96. The fraction of sp³-hybridized carbons (Fsp3) is 0.611. The molecular formula is C18H27NO2. The highest BCUT2D eigenvalue weighted by Crippen LogP contribution is 2.34. The van der Waals surface area contributed by atoms with Gasteiger partial charge in [0.2, 0.25) is 0 Å². The van der Waals surface area contributed by atoms with Crippen LogP contribution in [-0.2, 0) is 0 Å². The smallest absolute Gasteiger partial charge is 0.257 e. The second-order valence-corrected chi connectivity index (χ2v) is 7.31. The first-order valence-electron chi connectivity index (χ1n) is 7.88. The molecule has 0 spiro atoms. The van der Waals surface area contributed by atoms with Crippen molar-refractivity contribution in [1.29, 1.82) is 0 Å². The van der Waals surface area contributed by atoms with Crippen molar-refractivity contribution < 1.29 is 9.90 Å². The van der Waals surface area contributed by atoms with Gasteiger partial charge in [0.05, 0.1) is 5.56 Å². The van der Waals surface area contributed by atoms with E-state index in [0.29, 0.717) is 16.9 Å².